The van der Waals surface area contributed by atoms with E-state index in [2.05, 4.69) is 11.7 Å². The van der Waals surface area contributed by atoms with Crippen LogP contribution in [0.1, 0.15) is 0 Å². The van der Waals surface area contributed by atoms with Crippen LogP contribution in [0.3, 0.4) is 0 Å². The van der Waals surface area contributed by atoms with Crippen molar-refractivity contribution < 1.29 is 8.42 Å². The summed E-state index contributed by atoms with van der Waals surface area (Å²) in [5.41, 5.74) is 0. The molecule has 0 rings (SSSR count). The van der Waals surface area contributed by atoms with Gasteiger partial charge in [0.25, 0.3) is 10.2 Å². The average molecular weight is 135 g/mol. The van der Waals surface area contributed by atoms with Gasteiger partial charge in [-0.3, -0.25) is 0 Å². The summed E-state index contributed by atoms with van der Waals surface area (Å²) < 4.78 is 21.8. The van der Waals surface area contributed by atoms with Crippen LogP contribution in [0.2, 0.25) is 0 Å². The third-order valence-corrected chi connectivity index (χ3v) is 0.815. The van der Waals surface area contributed by atoms with Crippen molar-refractivity contribution in [3.05, 3.63) is 19.2 Å². The molecule has 0 saturated carbocycles. The molecule has 0 bridgehead atoms. The van der Waals surface area contributed by atoms with E-state index in [0.29, 0.717) is 0 Å². The van der Waals surface area contributed by atoms with Gasteiger partial charge in [0.1, 0.15) is 0 Å². The van der Waals surface area contributed by atoms with Crippen LogP contribution in [0.5, 0.6) is 0 Å². The summed E-state index contributed by atoms with van der Waals surface area (Å²) in [6.45, 7) is 4.36. The van der Waals surface area contributed by atoms with Crippen molar-refractivity contribution in [3.63, 3.8) is 0 Å². The lowest BCUT2D eigenvalue weighted by molar-refractivity contribution is 0.591. The largest absolute Gasteiger partial charge is 0.274 e. The lowest BCUT2D eigenvalue weighted by Crippen LogP contribution is -2.27. The van der Waals surface area contributed by atoms with Gasteiger partial charge in [-0.05, 0) is 0 Å². The molecule has 0 spiro atoms. The van der Waals surface area contributed by atoms with Gasteiger partial charge in [0.05, 0.1) is 6.54 Å². The standard InChI is InChI=1S/C3H7N2O2S/c1-2-3-5-8(4,6)7/h2-3,5H,1H2,(H2,4,6,7). The van der Waals surface area contributed by atoms with E-state index in [1.165, 1.54) is 6.08 Å². The van der Waals surface area contributed by atoms with Crippen molar-refractivity contribution in [1.82, 2.24) is 4.72 Å². The van der Waals surface area contributed by atoms with Gasteiger partial charge >= 0.3 is 0 Å². The Hall–Kier alpha value is -0.390. The minimum Gasteiger partial charge on any atom is -0.216 e. The van der Waals surface area contributed by atoms with Crippen LogP contribution in [-0.4, -0.2) is 8.42 Å². The molecule has 0 aromatic rings. The number of hydrogen-bond acceptors (Lipinski definition) is 2. The van der Waals surface area contributed by atoms with E-state index in [9.17, 15) is 8.42 Å². The molecule has 47 valence electrons. The number of nitrogens with two attached hydrogens (primary N) is 1. The van der Waals surface area contributed by atoms with E-state index in [0.717, 1.165) is 6.54 Å². The zero-order valence-electron chi connectivity index (χ0n) is 4.16. The normalized spacial score (nSPS) is 11.1. The van der Waals surface area contributed by atoms with E-state index in [1.54, 1.807) is 0 Å². The fourth-order valence-corrected chi connectivity index (χ4v) is 0.429. The predicted molar refractivity (Wildman–Crippen MR) is 30.7 cm³/mol. The molecule has 0 saturated heterocycles. The second-order valence-electron chi connectivity index (χ2n) is 1.07. The lowest BCUT2D eigenvalue weighted by Gasteiger charge is -1.92. The molecule has 0 fully saturated rings. The summed E-state index contributed by atoms with van der Waals surface area (Å²) in [6, 6.07) is 0. The van der Waals surface area contributed by atoms with E-state index >= 15 is 0 Å². The van der Waals surface area contributed by atoms with Gasteiger partial charge < -0.3 is 0 Å². The van der Waals surface area contributed by atoms with Crippen LogP contribution in [0.15, 0.2) is 12.7 Å². The molecule has 1 radical (unpaired) electrons. The average Bonchev–Trinajstić information content (AvgIpc) is 1.59. The Morgan fingerprint density at radius 1 is 1.62 bits per heavy atom. The summed E-state index contributed by atoms with van der Waals surface area (Å²) in [4.78, 5) is 0. The highest BCUT2D eigenvalue weighted by Gasteiger charge is 1.94. The Morgan fingerprint density at radius 3 is 2.25 bits per heavy atom. The van der Waals surface area contributed by atoms with Crippen LogP contribution >= 0.6 is 0 Å². The maximum absolute atomic E-state index is 9.98. The van der Waals surface area contributed by atoms with Gasteiger partial charge in [0.2, 0.25) is 0 Å². The predicted octanol–water partition coefficient (Wildman–Crippen LogP) is -0.873. The fraction of sp³-hybridized carbons (Fsp3) is 0. The Kier molecular flexibility index (Phi) is 2.67. The number of hydrogen-bond donors (Lipinski definition) is 2. The summed E-state index contributed by atoms with van der Waals surface area (Å²) in [6.07, 6.45) is 1.28. The van der Waals surface area contributed by atoms with Crippen molar-refractivity contribution in [2.75, 3.05) is 0 Å². The second kappa shape index (κ2) is 2.81. The fourth-order valence-electron chi connectivity index (χ4n) is 0.143. The van der Waals surface area contributed by atoms with Crippen molar-refractivity contribution in [2.45, 2.75) is 0 Å². The first-order chi connectivity index (χ1) is 3.56. The third-order valence-electron chi connectivity index (χ3n) is 0.350. The first-order valence-electron chi connectivity index (χ1n) is 1.80. The topological polar surface area (TPSA) is 72.2 Å². The minimum atomic E-state index is -3.56. The minimum absolute atomic E-state index is 1.13. The molecule has 0 unspecified atom stereocenters. The molecule has 5 heteroatoms. The molecule has 0 amide bonds. The van der Waals surface area contributed by atoms with Crippen molar-refractivity contribution in [3.8, 4) is 0 Å². The van der Waals surface area contributed by atoms with Gasteiger partial charge in [0.15, 0.2) is 0 Å². The van der Waals surface area contributed by atoms with Gasteiger partial charge in [-0.2, -0.15) is 13.1 Å². The molecule has 0 aromatic carbocycles. The lowest BCUT2D eigenvalue weighted by atomic mass is 10.7. The molecule has 0 atom stereocenters. The molecular weight excluding hydrogens is 128 g/mol. The van der Waals surface area contributed by atoms with Crippen LogP contribution in [-0.2, 0) is 10.2 Å². The summed E-state index contributed by atoms with van der Waals surface area (Å²) >= 11 is 0. The first kappa shape index (κ1) is 7.61. The molecule has 0 aromatic heterocycles. The monoisotopic (exact) mass is 135 g/mol. The van der Waals surface area contributed by atoms with Gasteiger partial charge in [-0.1, -0.05) is 6.08 Å². The van der Waals surface area contributed by atoms with Crippen LogP contribution in [0.25, 0.3) is 0 Å². The molecule has 0 heterocycles. The first-order valence-corrected chi connectivity index (χ1v) is 3.35. The van der Waals surface area contributed by atoms with Crippen molar-refractivity contribution >= 4 is 10.2 Å². The van der Waals surface area contributed by atoms with E-state index in [-0.39, 0.29) is 0 Å². The molecule has 3 N–H and O–H groups in total. The summed E-state index contributed by atoms with van der Waals surface area (Å²) in [7, 11) is -3.56. The Bertz CT molecular complexity index is 160. The third kappa shape index (κ3) is 5.61. The number of rotatable bonds is 3. The van der Waals surface area contributed by atoms with Crippen molar-refractivity contribution in [2.24, 2.45) is 5.14 Å². The molecule has 0 aliphatic heterocycles. The Balaban J connectivity index is 3.57. The van der Waals surface area contributed by atoms with E-state index in [1.807, 2.05) is 4.72 Å². The molecule has 0 aliphatic rings. The quantitative estimate of drug-likeness (QED) is 0.528. The smallest absolute Gasteiger partial charge is 0.216 e. The zero-order chi connectivity index (χ0) is 6.62. The summed E-state index contributed by atoms with van der Waals surface area (Å²) in [5, 5.41) is 4.50. The van der Waals surface area contributed by atoms with Crippen LogP contribution in [0.4, 0.5) is 0 Å². The highest BCUT2D eigenvalue weighted by atomic mass is 32.2. The van der Waals surface area contributed by atoms with Crippen LogP contribution in [0, 0.1) is 6.54 Å². The van der Waals surface area contributed by atoms with Gasteiger partial charge in [0, 0.05) is 0 Å². The van der Waals surface area contributed by atoms with Crippen LogP contribution < -0.4 is 9.86 Å². The van der Waals surface area contributed by atoms with E-state index in [4.69, 9.17) is 0 Å². The van der Waals surface area contributed by atoms with Gasteiger partial charge in [-0.15, -0.1) is 6.58 Å². The molecule has 0 aliphatic carbocycles. The SMILES string of the molecule is C=C[CH]NS(N)(=O)=O. The molecule has 8 heavy (non-hydrogen) atoms. The highest BCUT2D eigenvalue weighted by Crippen LogP contribution is 1.71. The molecule has 4 nitrogen and oxygen atoms in total. The van der Waals surface area contributed by atoms with Crippen molar-refractivity contribution in [1.29, 1.82) is 0 Å². The zero-order valence-corrected chi connectivity index (χ0v) is 4.98. The maximum Gasteiger partial charge on any atom is 0.274 e. The molecular formula is C3H7N2O2S. The maximum atomic E-state index is 9.98. The Labute approximate surface area is 48.6 Å². The Morgan fingerprint density at radius 2 is 2.12 bits per heavy atom. The second-order valence-corrected chi connectivity index (χ2v) is 2.39. The summed E-state index contributed by atoms with van der Waals surface area (Å²) in [5.74, 6) is 0. The number of nitrogens with one attached hydrogen (secondary N) is 1. The highest BCUT2D eigenvalue weighted by molar-refractivity contribution is 7.87. The van der Waals surface area contributed by atoms with E-state index < -0.39 is 10.2 Å². The van der Waals surface area contributed by atoms with Gasteiger partial charge in [-0.25, -0.2) is 5.14 Å².